The highest BCUT2D eigenvalue weighted by molar-refractivity contribution is 5.78. The first-order chi connectivity index (χ1) is 13.6. The van der Waals surface area contributed by atoms with Gasteiger partial charge in [0.25, 0.3) is 0 Å². The smallest absolute Gasteiger partial charge is 0.237 e. The van der Waals surface area contributed by atoms with Crippen molar-refractivity contribution in [3.05, 3.63) is 59.7 Å². The molecule has 0 spiro atoms. The van der Waals surface area contributed by atoms with Gasteiger partial charge in [0.1, 0.15) is 13.2 Å². The van der Waals surface area contributed by atoms with E-state index in [4.69, 9.17) is 9.47 Å². The molecule has 0 bridgehead atoms. The molecule has 1 saturated heterocycles. The molecule has 0 unspecified atom stereocenters. The van der Waals surface area contributed by atoms with E-state index in [2.05, 4.69) is 36.1 Å². The van der Waals surface area contributed by atoms with E-state index < -0.39 is 0 Å². The third-order valence-corrected chi connectivity index (χ3v) is 5.91. The number of nitrogens with zero attached hydrogens (tertiary/aromatic N) is 2. The number of hydrogen-bond acceptors (Lipinski definition) is 4. The summed E-state index contributed by atoms with van der Waals surface area (Å²) in [4.78, 5) is 17.1. The van der Waals surface area contributed by atoms with Gasteiger partial charge in [0, 0.05) is 13.1 Å². The number of carbonyl (C=O) groups is 1. The van der Waals surface area contributed by atoms with Gasteiger partial charge in [-0.05, 0) is 49.6 Å². The lowest BCUT2D eigenvalue weighted by Gasteiger charge is -2.30. The molecule has 5 heteroatoms. The molecule has 148 valence electrons. The van der Waals surface area contributed by atoms with Crippen LogP contribution in [0.1, 0.15) is 43.0 Å². The van der Waals surface area contributed by atoms with Crippen LogP contribution in [0.4, 0.5) is 0 Å². The fourth-order valence-electron chi connectivity index (χ4n) is 4.12. The zero-order valence-corrected chi connectivity index (χ0v) is 16.6. The molecule has 1 fully saturated rings. The van der Waals surface area contributed by atoms with Gasteiger partial charge in [-0.15, -0.1) is 0 Å². The molecule has 2 heterocycles. The summed E-state index contributed by atoms with van der Waals surface area (Å²) in [7, 11) is 1.90. The molecule has 2 aliphatic heterocycles. The van der Waals surface area contributed by atoms with Crippen LogP contribution >= 0.6 is 0 Å². The van der Waals surface area contributed by atoms with Gasteiger partial charge in [-0.1, -0.05) is 36.4 Å². The summed E-state index contributed by atoms with van der Waals surface area (Å²) in [5.41, 5.74) is 2.36. The topological polar surface area (TPSA) is 42.0 Å². The summed E-state index contributed by atoms with van der Waals surface area (Å²) in [6.45, 7) is 4.65. The Morgan fingerprint density at radius 1 is 1.14 bits per heavy atom. The van der Waals surface area contributed by atoms with E-state index in [0.717, 1.165) is 36.4 Å². The molecule has 2 aromatic carbocycles. The molecule has 2 atom stereocenters. The Hall–Kier alpha value is -2.53. The van der Waals surface area contributed by atoms with Crippen molar-refractivity contribution in [3.63, 3.8) is 0 Å². The minimum Gasteiger partial charge on any atom is -0.486 e. The average Bonchev–Trinajstić information content (AvgIpc) is 3.21. The maximum absolute atomic E-state index is 13.0. The quantitative estimate of drug-likeness (QED) is 0.791. The van der Waals surface area contributed by atoms with Crippen LogP contribution in [0, 0.1) is 0 Å². The van der Waals surface area contributed by atoms with Gasteiger partial charge < -0.3 is 14.4 Å². The van der Waals surface area contributed by atoms with E-state index in [0.29, 0.717) is 19.8 Å². The minimum absolute atomic E-state index is 0.0593. The highest BCUT2D eigenvalue weighted by Gasteiger charge is 2.30. The molecule has 0 saturated carbocycles. The fourth-order valence-corrected chi connectivity index (χ4v) is 4.12. The predicted molar refractivity (Wildman–Crippen MR) is 109 cm³/mol. The normalized spacial score (nSPS) is 20.0. The van der Waals surface area contributed by atoms with Gasteiger partial charge in [-0.2, -0.15) is 0 Å². The van der Waals surface area contributed by atoms with Gasteiger partial charge in [0.15, 0.2) is 11.5 Å². The van der Waals surface area contributed by atoms with Gasteiger partial charge in [-0.3, -0.25) is 9.69 Å². The molecule has 0 aliphatic carbocycles. The van der Waals surface area contributed by atoms with Crippen LogP contribution in [0.25, 0.3) is 0 Å². The number of likely N-dealkylation sites (tertiary alicyclic amines) is 1. The predicted octanol–water partition coefficient (Wildman–Crippen LogP) is 3.81. The van der Waals surface area contributed by atoms with E-state index in [-0.39, 0.29) is 18.0 Å². The SMILES string of the molecule is C[C@H](c1ccccc1)N(C)C(=O)CN1CCC[C@@H]1c1ccc2c(c1)OCCO2. The van der Waals surface area contributed by atoms with Crippen molar-refractivity contribution in [1.29, 1.82) is 0 Å². The maximum atomic E-state index is 13.0. The van der Waals surface area contributed by atoms with Crippen molar-refractivity contribution in [1.82, 2.24) is 9.80 Å². The molecule has 2 aliphatic rings. The average molecular weight is 380 g/mol. The molecule has 0 N–H and O–H groups in total. The molecule has 0 radical (unpaired) electrons. The summed E-state index contributed by atoms with van der Waals surface area (Å²) in [5, 5.41) is 0. The number of carbonyl (C=O) groups excluding carboxylic acids is 1. The van der Waals surface area contributed by atoms with E-state index >= 15 is 0 Å². The summed E-state index contributed by atoms with van der Waals surface area (Å²) in [5.74, 6) is 1.78. The highest BCUT2D eigenvalue weighted by atomic mass is 16.6. The van der Waals surface area contributed by atoms with Crippen molar-refractivity contribution in [2.45, 2.75) is 31.8 Å². The van der Waals surface area contributed by atoms with Gasteiger partial charge >= 0.3 is 0 Å². The number of likely N-dealkylation sites (N-methyl/N-ethyl adjacent to an activating group) is 1. The first-order valence-electron chi connectivity index (χ1n) is 10.1. The molecular formula is C23H28N2O3. The van der Waals surface area contributed by atoms with Crippen molar-refractivity contribution >= 4 is 5.91 Å². The Morgan fingerprint density at radius 2 is 1.89 bits per heavy atom. The van der Waals surface area contributed by atoms with Crippen LogP contribution in [-0.2, 0) is 4.79 Å². The molecule has 5 nitrogen and oxygen atoms in total. The van der Waals surface area contributed by atoms with Crippen LogP contribution in [0.15, 0.2) is 48.5 Å². The Bertz CT molecular complexity index is 824. The van der Waals surface area contributed by atoms with Crippen LogP contribution in [0.2, 0.25) is 0 Å². The molecular weight excluding hydrogens is 352 g/mol. The minimum atomic E-state index is 0.0593. The second kappa shape index (κ2) is 8.23. The zero-order valence-electron chi connectivity index (χ0n) is 16.6. The van der Waals surface area contributed by atoms with Crippen molar-refractivity contribution in [3.8, 4) is 11.5 Å². The number of fused-ring (bicyclic) bond motifs is 1. The second-order valence-electron chi connectivity index (χ2n) is 7.62. The largest absolute Gasteiger partial charge is 0.486 e. The zero-order chi connectivity index (χ0) is 19.5. The first-order valence-corrected chi connectivity index (χ1v) is 10.1. The Morgan fingerprint density at radius 3 is 2.68 bits per heavy atom. The molecule has 28 heavy (non-hydrogen) atoms. The number of rotatable bonds is 5. The van der Waals surface area contributed by atoms with E-state index in [1.807, 2.05) is 36.2 Å². The summed E-state index contributed by atoms with van der Waals surface area (Å²) >= 11 is 0. The van der Waals surface area contributed by atoms with E-state index in [9.17, 15) is 4.79 Å². The van der Waals surface area contributed by atoms with Crippen LogP contribution in [0.3, 0.4) is 0 Å². The summed E-state index contributed by atoms with van der Waals surface area (Å²) in [6, 6.07) is 16.7. The van der Waals surface area contributed by atoms with Crippen molar-refractivity contribution in [2.75, 3.05) is 33.4 Å². The van der Waals surface area contributed by atoms with Crippen molar-refractivity contribution in [2.24, 2.45) is 0 Å². The van der Waals surface area contributed by atoms with E-state index in [1.165, 1.54) is 5.56 Å². The number of amides is 1. The molecule has 1 amide bonds. The van der Waals surface area contributed by atoms with E-state index in [1.54, 1.807) is 0 Å². The van der Waals surface area contributed by atoms with Crippen LogP contribution in [-0.4, -0.2) is 49.1 Å². The second-order valence-corrected chi connectivity index (χ2v) is 7.62. The Balaban J connectivity index is 1.44. The molecule has 4 rings (SSSR count). The van der Waals surface area contributed by atoms with Crippen LogP contribution in [0.5, 0.6) is 11.5 Å². The summed E-state index contributed by atoms with van der Waals surface area (Å²) < 4.78 is 11.4. The molecule has 2 aromatic rings. The number of benzene rings is 2. The Kier molecular flexibility index (Phi) is 5.53. The van der Waals surface area contributed by atoms with Crippen molar-refractivity contribution < 1.29 is 14.3 Å². The lowest BCUT2D eigenvalue weighted by atomic mass is 10.0. The monoisotopic (exact) mass is 380 g/mol. The van der Waals surface area contributed by atoms with Gasteiger partial charge in [-0.25, -0.2) is 0 Å². The maximum Gasteiger partial charge on any atom is 0.237 e. The standard InChI is InChI=1S/C23H28N2O3/c1-17(18-7-4-3-5-8-18)24(2)23(26)16-25-12-6-9-20(25)19-10-11-21-22(15-19)28-14-13-27-21/h3-5,7-8,10-11,15,17,20H,6,9,12-14,16H2,1-2H3/t17-,20-/m1/s1. The lowest BCUT2D eigenvalue weighted by molar-refractivity contribution is -0.133. The lowest BCUT2D eigenvalue weighted by Crippen LogP contribution is -2.39. The third-order valence-electron chi connectivity index (χ3n) is 5.91. The van der Waals surface area contributed by atoms with Gasteiger partial charge in [0.05, 0.1) is 12.6 Å². The highest BCUT2D eigenvalue weighted by Crippen LogP contribution is 2.38. The number of ether oxygens (including phenoxy) is 2. The third kappa shape index (κ3) is 3.85. The first kappa shape index (κ1) is 18.8. The molecule has 0 aromatic heterocycles. The Labute approximate surface area is 166 Å². The number of hydrogen-bond donors (Lipinski definition) is 0. The van der Waals surface area contributed by atoms with Gasteiger partial charge in [0.2, 0.25) is 5.91 Å². The summed E-state index contributed by atoms with van der Waals surface area (Å²) in [6.07, 6.45) is 2.16. The fraction of sp³-hybridized carbons (Fsp3) is 0.435. The van der Waals surface area contributed by atoms with Crippen LogP contribution < -0.4 is 9.47 Å².